The molecular formula is C55H36N4OPt-2. The van der Waals surface area contributed by atoms with Crippen LogP contribution in [-0.4, -0.2) is 14.1 Å². The smallest absolute Gasteiger partial charge is 0.268 e. The molecule has 4 aliphatic rings. The second-order valence-corrected chi connectivity index (χ2v) is 17.9. The molecule has 61 heavy (non-hydrogen) atoms. The average Bonchev–Trinajstić information content (AvgIpc) is 3.87. The molecule has 14 rings (SSSR count). The van der Waals surface area contributed by atoms with Gasteiger partial charge in [0.1, 0.15) is 5.82 Å². The van der Waals surface area contributed by atoms with Crippen LogP contribution in [-0.2, 0) is 31.9 Å². The fourth-order valence-corrected chi connectivity index (χ4v) is 11.6. The van der Waals surface area contributed by atoms with Crippen LogP contribution >= 0.6 is 0 Å². The minimum absolute atomic E-state index is 0. The van der Waals surface area contributed by atoms with Gasteiger partial charge in [-0.25, -0.2) is 4.98 Å². The van der Waals surface area contributed by atoms with Crippen molar-refractivity contribution in [1.29, 1.82) is 0 Å². The van der Waals surface area contributed by atoms with E-state index in [1.807, 2.05) is 24.4 Å². The number of hydrogen-bond acceptors (Lipinski definition) is 2. The molecule has 3 atom stereocenters. The van der Waals surface area contributed by atoms with Gasteiger partial charge >= 0.3 is 0 Å². The Kier molecular flexibility index (Phi) is 6.96. The van der Waals surface area contributed by atoms with Crippen LogP contribution in [0.5, 0.6) is 11.5 Å². The van der Waals surface area contributed by atoms with Crippen molar-refractivity contribution in [3.05, 3.63) is 209 Å². The topological polar surface area (TPSA) is 35.9 Å². The van der Waals surface area contributed by atoms with E-state index < -0.39 is 0 Å². The molecule has 0 N–H and O–H groups in total. The number of para-hydroxylation sites is 2. The largest absolute Gasteiger partial charge is 0.510 e. The predicted molar refractivity (Wildman–Crippen MR) is 235 cm³/mol. The zero-order chi connectivity index (χ0) is 39.6. The van der Waals surface area contributed by atoms with E-state index in [1.165, 1.54) is 55.8 Å². The normalized spacial score (nSPS) is 18.3. The zero-order valence-corrected chi connectivity index (χ0v) is 35.9. The van der Waals surface area contributed by atoms with E-state index in [-0.39, 0.29) is 31.9 Å². The maximum atomic E-state index is 6.66. The SMILES string of the molecule is CC(C)(C)c1ccnc(-n2c3[c-]c(Oc4[c-]c(-n5[c-][n+]6c7c(cccc75)-c5cccc7c5C5c8c(cccc8-6)C6c8ccccc8C765)ccc4)ccc3c3ccccc32)c1.[Pt]. The zero-order valence-electron chi connectivity index (χ0n) is 33.6. The van der Waals surface area contributed by atoms with Gasteiger partial charge in [0.15, 0.2) is 0 Å². The van der Waals surface area contributed by atoms with Gasteiger partial charge in [0.25, 0.3) is 6.33 Å². The summed E-state index contributed by atoms with van der Waals surface area (Å²) in [4.78, 5) is 4.86. The number of nitrogens with zero attached hydrogens (tertiary/aromatic N) is 4. The Morgan fingerprint density at radius 2 is 1.41 bits per heavy atom. The second-order valence-electron chi connectivity index (χ2n) is 17.9. The van der Waals surface area contributed by atoms with E-state index in [0.29, 0.717) is 23.3 Å². The van der Waals surface area contributed by atoms with Gasteiger partial charge in [-0.15, -0.1) is 29.7 Å². The second kappa shape index (κ2) is 12.1. The summed E-state index contributed by atoms with van der Waals surface area (Å²) in [5.74, 6) is 2.74. The third kappa shape index (κ3) is 4.34. The number of ether oxygens (including phenoxy) is 1. The van der Waals surface area contributed by atoms with Gasteiger partial charge in [-0.2, -0.15) is 18.2 Å². The number of rotatable bonds is 4. The average molecular weight is 964 g/mol. The number of imidazole rings is 1. The number of aromatic nitrogens is 4. The van der Waals surface area contributed by atoms with Gasteiger partial charge < -0.3 is 13.9 Å². The fraction of sp³-hybridized carbons (Fsp3) is 0.127. The maximum absolute atomic E-state index is 6.66. The molecule has 0 fully saturated rings. The molecule has 5 nitrogen and oxygen atoms in total. The summed E-state index contributed by atoms with van der Waals surface area (Å²) in [5.41, 5.74) is 18.9. The molecule has 3 unspecified atom stereocenters. The van der Waals surface area contributed by atoms with E-state index in [1.54, 1.807) is 0 Å². The molecule has 0 saturated heterocycles. The quantitative estimate of drug-likeness (QED) is 0.130. The van der Waals surface area contributed by atoms with Crippen molar-refractivity contribution in [1.82, 2.24) is 14.1 Å². The first-order valence-corrected chi connectivity index (χ1v) is 20.9. The van der Waals surface area contributed by atoms with E-state index in [9.17, 15) is 0 Å². The standard InChI is InChI=1S/C55H36N4O.Pt/c1-54(2,3)32-26-27-56-48(28-32)59-44-21-7-5-14-36(44)37-25-24-35(30-47(37)59)60-34-13-8-12-33(29-34)57-31-58-45-22-11-18-41-50(45)52-49-38(39-17-10-23-46(57)53(39)58)16-9-20-43(49)55(52)42-19-6-4-15-40(42)51(41)55;/h4-28,51-52H,1-3H3;/q-2;. The van der Waals surface area contributed by atoms with Gasteiger partial charge in [-0.3, -0.25) is 4.57 Å². The molecule has 0 radical (unpaired) electrons. The Morgan fingerprint density at radius 1 is 0.656 bits per heavy atom. The van der Waals surface area contributed by atoms with E-state index in [4.69, 9.17) is 9.72 Å². The Hall–Kier alpha value is -6.55. The first-order chi connectivity index (χ1) is 29.4. The summed E-state index contributed by atoms with van der Waals surface area (Å²) >= 11 is 0. The Bertz CT molecular complexity index is 3550. The van der Waals surface area contributed by atoms with E-state index in [0.717, 1.165) is 44.3 Å². The molecule has 4 heterocycles. The van der Waals surface area contributed by atoms with Crippen molar-refractivity contribution in [3.63, 3.8) is 0 Å². The van der Waals surface area contributed by atoms with Gasteiger partial charge in [-0.05, 0) is 90.8 Å². The Labute approximate surface area is 367 Å². The molecule has 3 aromatic heterocycles. The van der Waals surface area contributed by atoms with Crippen LogP contribution in [0.1, 0.15) is 71.6 Å². The van der Waals surface area contributed by atoms with E-state index in [2.05, 4.69) is 180 Å². The minimum Gasteiger partial charge on any atom is -0.510 e. The molecule has 0 bridgehead atoms. The summed E-state index contributed by atoms with van der Waals surface area (Å²) in [6.45, 7) is 6.69. The van der Waals surface area contributed by atoms with Crippen LogP contribution in [0.3, 0.4) is 0 Å². The predicted octanol–water partition coefficient (Wildman–Crippen LogP) is 11.8. The van der Waals surface area contributed by atoms with Crippen molar-refractivity contribution >= 4 is 32.8 Å². The first-order valence-electron chi connectivity index (χ1n) is 20.9. The van der Waals surface area contributed by atoms with Crippen molar-refractivity contribution in [2.75, 3.05) is 0 Å². The molecule has 0 saturated carbocycles. The number of fused-ring (bicyclic) bond motifs is 8. The third-order valence-electron chi connectivity index (χ3n) is 14.0. The molecule has 6 heteroatoms. The summed E-state index contributed by atoms with van der Waals surface area (Å²) in [6.07, 6.45) is 5.76. The maximum Gasteiger partial charge on any atom is 0.268 e. The fourth-order valence-electron chi connectivity index (χ4n) is 11.6. The molecule has 3 aliphatic carbocycles. The van der Waals surface area contributed by atoms with Crippen molar-refractivity contribution in [2.24, 2.45) is 0 Å². The summed E-state index contributed by atoms with van der Waals surface area (Å²) in [6, 6.07) is 60.0. The van der Waals surface area contributed by atoms with Crippen LogP contribution in [0.25, 0.3) is 61.2 Å². The molecule has 1 spiro atoms. The number of benzene rings is 7. The summed E-state index contributed by atoms with van der Waals surface area (Å²) in [7, 11) is 0. The molecule has 1 aliphatic heterocycles. The van der Waals surface area contributed by atoms with Crippen molar-refractivity contribution in [3.8, 4) is 39.8 Å². The first kappa shape index (κ1) is 35.2. The summed E-state index contributed by atoms with van der Waals surface area (Å²) in [5, 5.41) is 2.25. The van der Waals surface area contributed by atoms with Crippen LogP contribution in [0, 0.1) is 18.5 Å². The molecule has 0 amide bonds. The minimum atomic E-state index is -0.0176. The third-order valence-corrected chi connectivity index (χ3v) is 14.0. The van der Waals surface area contributed by atoms with E-state index >= 15 is 0 Å². The van der Waals surface area contributed by atoms with Gasteiger partial charge in [0.2, 0.25) is 0 Å². The van der Waals surface area contributed by atoms with Crippen LogP contribution in [0.4, 0.5) is 0 Å². The number of hydrogen-bond donors (Lipinski definition) is 0. The molecule has 7 aromatic carbocycles. The van der Waals surface area contributed by atoms with Gasteiger partial charge in [0, 0.05) is 61.5 Å². The van der Waals surface area contributed by atoms with Crippen molar-refractivity contribution in [2.45, 2.75) is 43.4 Å². The monoisotopic (exact) mass is 963 g/mol. The van der Waals surface area contributed by atoms with Gasteiger partial charge in [-0.1, -0.05) is 117 Å². The molecule has 294 valence electrons. The Morgan fingerprint density at radius 3 is 2.33 bits per heavy atom. The molecular weight excluding hydrogens is 928 g/mol. The molecule has 10 aromatic rings. The number of pyridine rings is 1. The Balaban J connectivity index is 0.00000381. The van der Waals surface area contributed by atoms with Crippen LogP contribution in [0.15, 0.2) is 152 Å². The van der Waals surface area contributed by atoms with Crippen LogP contribution < -0.4 is 9.30 Å². The van der Waals surface area contributed by atoms with Crippen molar-refractivity contribution < 1.29 is 30.4 Å². The van der Waals surface area contributed by atoms with Gasteiger partial charge in [0.05, 0.1) is 16.7 Å². The summed E-state index contributed by atoms with van der Waals surface area (Å²) < 4.78 is 13.3. The van der Waals surface area contributed by atoms with Crippen LogP contribution in [0.2, 0.25) is 0 Å².